The van der Waals surface area contributed by atoms with Crippen LogP contribution in [0, 0.1) is 11.8 Å². The Balaban J connectivity index is 1.42. The third-order valence-corrected chi connectivity index (χ3v) is 6.84. The van der Waals surface area contributed by atoms with Crippen molar-refractivity contribution in [2.75, 3.05) is 18.0 Å². The van der Waals surface area contributed by atoms with Crippen molar-refractivity contribution in [3.05, 3.63) is 29.3 Å². The van der Waals surface area contributed by atoms with Gasteiger partial charge in [-0.1, -0.05) is 12.1 Å². The van der Waals surface area contributed by atoms with Gasteiger partial charge in [0.25, 0.3) is 5.92 Å². The summed E-state index contributed by atoms with van der Waals surface area (Å²) < 4.78 is 32.4. The summed E-state index contributed by atoms with van der Waals surface area (Å²) in [5.41, 5.74) is 3.19. The summed E-state index contributed by atoms with van der Waals surface area (Å²) >= 11 is 0. The Morgan fingerprint density at radius 3 is 2.72 bits per heavy atom. The van der Waals surface area contributed by atoms with Crippen molar-refractivity contribution in [2.24, 2.45) is 18.9 Å². The van der Waals surface area contributed by atoms with E-state index in [4.69, 9.17) is 10.1 Å². The van der Waals surface area contributed by atoms with Crippen LogP contribution in [0.1, 0.15) is 49.8 Å². The first-order valence-corrected chi connectivity index (χ1v) is 12.2. The zero-order valence-electron chi connectivity index (χ0n) is 20.3. The number of piperidine rings is 1. The molecular weight excluding hydrogens is 472 g/mol. The lowest BCUT2D eigenvalue weighted by atomic mass is 9.91. The number of halogens is 2. The number of hydrogen-bond acceptors (Lipinski definition) is 8. The van der Waals surface area contributed by atoms with Crippen LogP contribution in [0.2, 0.25) is 0 Å². The minimum atomic E-state index is -2.97. The van der Waals surface area contributed by atoms with Gasteiger partial charge in [-0.3, -0.25) is 4.79 Å². The highest BCUT2D eigenvalue weighted by Crippen LogP contribution is 2.36. The van der Waals surface area contributed by atoms with Crippen LogP contribution in [-0.2, 0) is 31.2 Å². The summed E-state index contributed by atoms with van der Waals surface area (Å²) in [5.74, 6) is -3.21. The minimum absolute atomic E-state index is 0.245. The molecule has 0 bridgehead atoms. The standard InChI is InChI=1S/C23H29F2N9O2/c1-3-16-18(33-11-15(9-21(35)36)10-23(24,25)13-33)7-6-17(26-16)22-19(32(2)30-28-22)12-34-20(27-29-31-34)8-14-4-5-14/h6-7,14-15H,3-5,8-13H2,1-2H3,(H,35,36)/t15-/m0/s1. The summed E-state index contributed by atoms with van der Waals surface area (Å²) in [6, 6.07) is 3.53. The monoisotopic (exact) mass is 501 g/mol. The van der Waals surface area contributed by atoms with E-state index in [2.05, 4.69) is 25.8 Å². The molecule has 13 heteroatoms. The second kappa shape index (κ2) is 9.51. The van der Waals surface area contributed by atoms with Crippen molar-refractivity contribution in [2.45, 2.75) is 57.9 Å². The fraction of sp³-hybridized carbons (Fsp3) is 0.609. The average Bonchev–Trinajstić information content (AvgIpc) is 3.41. The van der Waals surface area contributed by atoms with Crippen LogP contribution in [0.5, 0.6) is 0 Å². The SMILES string of the molecule is CCc1nc(-c2nnn(C)c2Cn2nnnc2CC2CC2)ccc1N1C[C@@H](CC(=O)O)CC(F)(F)C1. The number of nitrogens with zero attached hydrogens (tertiary/aromatic N) is 9. The predicted octanol–water partition coefficient (Wildman–Crippen LogP) is 2.36. The number of aliphatic carboxylic acids is 1. The highest BCUT2D eigenvalue weighted by Gasteiger charge is 2.41. The molecule has 1 aliphatic heterocycles. The van der Waals surface area contributed by atoms with E-state index >= 15 is 0 Å². The van der Waals surface area contributed by atoms with Crippen molar-refractivity contribution in [1.29, 1.82) is 0 Å². The van der Waals surface area contributed by atoms with E-state index in [0.717, 1.165) is 17.9 Å². The average molecular weight is 502 g/mol. The molecule has 0 radical (unpaired) electrons. The third kappa shape index (κ3) is 5.19. The summed E-state index contributed by atoms with van der Waals surface area (Å²) in [6.07, 6.45) is 3.03. The smallest absolute Gasteiger partial charge is 0.303 e. The fourth-order valence-corrected chi connectivity index (χ4v) is 4.92. The van der Waals surface area contributed by atoms with Crippen LogP contribution in [-0.4, -0.2) is 70.3 Å². The van der Waals surface area contributed by atoms with Gasteiger partial charge in [0.1, 0.15) is 5.69 Å². The number of rotatable bonds is 9. The van der Waals surface area contributed by atoms with Crippen LogP contribution >= 0.6 is 0 Å². The van der Waals surface area contributed by atoms with E-state index in [1.165, 1.54) is 12.8 Å². The molecule has 1 saturated heterocycles. The summed E-state index contributed by atoms with van der Waals surface area (Å²) in [4.78, 5) is 17.5. The number of carboxylic acids is 1. The van der Waals surface area contributed by atoms with Gasteiger partial charge in [-0.05, 0) is 53.7 Å². The number of carbonyl (C=O) groups is 1. The van der Waals surface area contributed by atoms with Crippen molar-refractivity contribution in [1.82, 2.24) is 40.2 Å². The molecule has 2 aliphatic rings. The molecule has 1 atom stereocenters. The van der Waals surface area contributed by atoms with Crippen LogP contribution in [0.3, 0.4) is 0 Å². The first-order valence-electron chi connectivity index (χ1n) is 12.2. The number of tetrazole rings is 1. The number of aromatic nitrogens is 8. The summed E-state index contributed by atoms with van der Waals surface area (Å²) in [7, 11) is 1.80. The quantitative estimate of drug-likeness (QED) is 0.470. The van der Waals surface area contributed by atoms with Crippen molar-refractivity contribution in [3.63, 3.8) is 0 Å². The van der Waals surface area contributed by atoms with Gasteiger partial charge in [0.05, 0.1) is 42.3 Å². The van der Waals surface area contributed by atoms with Crippen LogP contribution < -0.4 is 4.90 Å². The number of anilines is 1. The molecule has 1 N–H and O–H groups in total. The molecular formula is C23H29F2N9O2. The van der Waals surface area contributed by atoms with Gasteiger partial charge in [-0.25, -0.2) is 23.1 Å². The molecule has 5 rings (SSSR count). The van der Waals surface area contributed by atoms with E-state index in [0.29, 0.717) is 41.7 Å². The van der Waals surface area contributed by atoms with Crippen LogP contribution in [0.15, 0.2) is 12.1 Å². The topological polar surface area (TPSA) is 128 Å². The fourth-order valence-electron chi connectivity index (χ4n) is 4.92. The highest BCUT2D eigenvalue weighted by molar-refractivity contribution is 5.67. The van der Waals surface area contributed by atoms with Crippen molar-refractivity contribution < 1.29 is 18.7 Å². The van der Waals surface area contributed by atoms with Crippen LogP contribution in [0.25, 0.3) is 11.4 Å². The van der Waals surface area contributed by atoms with Gasteiger partial charge in [0.2, 0.25) is 0 Å². The van der Waals surface area contributed by atoms with E-state index in [-0.39, 0.29) is 13.0 Å². The molecule has 3 aromatic heterocycles. The zero-order chi connectivity index (χ0) is 25.4. The molecule has 192 valence electrons. The predicted molar refractivity (Wildman–Crippen MR) is 124 cm³/mol. The Labute approximate surface area is 206 Å². The maximum atomic E-state index is 14.5. The second-order valence-electron chi connectivity index (χ2n) is 9.83. The highest BCUT2D eigenvalue weighted by atomic mass is 19.3. The Bertz CT molecular complexity index is 1250. The molecule has 0 unspecified atom stereocenters. The number of aryl methyl sites for hydroxylation is 2. The Morgan fingerprint density at radius 2 is 2.00 bits per heavy atom. The van der Waals surface area contributed by atoms with Gasteiger partial charge in [-0.2, -0.15) is 0 Å². The van der Waals surface area contributed by atoms with Gasteiger partial charge < -0.3 is 10.0 Å². The maximum Gasteiger partial charge on any atom is 0.303 e. The van der Waals surface area contributed by atoms with E-state index in [1.54, 1.807) is 33.4 Å². The molecule has 0 amide bonds. The van der Waals surface area contributed by atoms with E-state index in [9.17, 15) is 13.6 Å². The minimum Gasteiger partial charge on any atom is -0.481 e. The molecule has 1 aliphatic carbocycles. The second-order valence-corrected chi connectivity index (χ2v) is 9.83. The molecule has 3 aromatic rings. The molecule has 2 fully saturated rings. The number of hydrogen-bond donors (Lipinski definition) is 1. The van der Waals surface area contributed by atoms with Gasteiger partial charge in [0.15, 0.2) is 5.82 Å². The largest absolute Gasteiger partial charge is 0.481 e. The first kappa shape index (κ1) is 24.2. The van der Waals surface area contributed by atoms with Gasteiger partial charge in [-0.15, -0.1) is 10.2 Å². The molecule has 0 aromatic carbocycles. The maximum absolute atomic E-state index is 14.5. The van der Waals surface area contributed by atoms with E-state index in [1.807, 2.05) is 6.92 Å². The Hall–Kier alpha value is -3.51. The molecule has 36 heavy (non-hydrogen) atoms. The molecule has 1 saturated carbocycles. The molecule has 4 heterocycles. The normalized spacial score (nSPS) is 19.6. The van der Waals surface area contributed by atoms with Gasteiger partial charge in [0, 0.05) is 26.4 Å². The summed E-state index contributed by atoms with van der Waals surface area (Å²) in [5, 5.41) is 29.8. The van der Waals surface area contributed by atoms with Crippen LogP contribution in [0.4, 0.5) is 14.5 Å². The van der Waals surface area contributed by atoms with E-state index < -0.39 is 30.8 Å². The lowest BCUT2D eigenvalue weighted by molar-refractivity contribution is -0.139. The summed E-state index contributed by atoms with van der Waals surface area (Å²) in [6.45, 7) is 2.08. The molecule has 11 nitrogen and oxygen atoms in total. The third-order valence-electron chi connectivity index (χ3n) is 6.84. The lowest BCUT2D eigenvalue weighted by Crippen LogP contribution is -2.48. The van der Waals surface area contributed by atoms with Crippen molar-refractivity contribution >= 4 is 11.7 Å². The number of alkyl halides is 2. The van der Waals surface area contributed by atoms with Crippen molar-refractivity contribution in [3.8, 4) is 11.4 Å². The zero-order valence-corrected chi connectivity index (χ0v) is 20.3. The number of carboxylic acid groups (broad SMARTS) is 1. The number of pyridine rings is 1. The molecule has 0 spiro atoms. The van der Waals surface area contributed by atoms with Gasteiger partial charge >= 0.3 is 5.97 Å². The Morgan fingerprint density at radius 1 is 1.19 bits per heavy atom. The lowest BCUT2D eigenvalue weighted by Gasteiger charge is -2.39. The Kier molecular flexibility index (Phi) is 6.39. The first-order chi connectivity index (χ1) is 17.2.